The third kappa shape index (κ3) is 2.25. The molecule has 0 aromatic carbocycles. The highest BCUT2D eigenvalue weighted by atomic mass is 79.9. The zero-order chi connectivity index (χ0) is 11.5. The number of rotatable bonds is 3. The molecule has 4 nitrogen and oxygen atoms in total. The maximum Gasteiger partial charge on any atom is 0.128 e. The molecular formula is C10H11BrN4S. The molecule has 0 spiro atoms. The highest BCUT2D eigenvalue weighted by Gasteiger charge is 2.17. The van der Waals surface area contributed by atoms with Crippen LogP contribution < -0.4 is 17.0 Å². The molecule has 0 saturated carbocycles. The first-order valence-electron chi connectivity index (χ1n) is 4.63. The van der Waals surface area contributed by atoms with Crippen molar-refractivity contribution in [1.29, 1.82) is 0 Å². The zero-order valence-corrected chi connectivity index (χ0v) is 10.8. The van der Waals surface area contributed by atoms with Gasteiger partial charge in [0.2, 0.25) is 0 Å². The molecule has 0 aliphatic heterocycles. The van der Waals surface area contributed by atoms with Crippen molar-refractivity contribution in [1.82, 2.24) is 10.4 Å². The summed E-state index contributed by atoms with van der Waals surface area (Å²) >= 11 is 5.03. The Morgan fingerprint density at radius 2 is 2.31 bits per heavy atom. The summed E-state index contributed by atoms with van der Waals surface area (Å²) in [4.78, 5) is 5.15. The molecule has 16 heavy (non-hydrogen) atoms. The van der Waals surface area contributed by atoms with E-state index in [0.717, 1.165) is 14.9 Å². The van der Waals surface area contributed by atoms with E-state index < -0.39 is 0 Å². The molecule has 0 aliphatic rings. The minimum absolute atomic E-state index is 0.120. The van der Waals surface area contributed by atoms with Gasteiger partial charge in [-0.3, -0.25) is 5.84 Å². The van der Waals surface area contributed by atoms with Gasteiger partial charge in [0.1, 0.15) is 5.82 Å². The van der Waals surface area contributed by atoms with Crippen molar-refractivity contribution >= 4 is 33.1 Å². The van der Waals surface area contributed by atoms with Crippen molar-refractivity contribution in [3.63, 3.8) is 0 Å². The normalized spacial score (nSPS) is 12.6. The van der Waals surface area contributed by atoms with Crippen molar-refractivity contribution in [2.24, 2.45) is 5.84 Å². The number of nitrogens with two attached hydrogens (primary N) is 2. The average Bonchev–Trinajstić information content (AvgIpc) is 2.69. The maximum atomic E-state index is 5.83. The van der Waals surface area contributed by atoms with Crippen molar-refractivity contribution < 1.29 is 0 Å². The van der Waals surface area contributed by atoms with Gasteiger partial charge in [-0.15, -0.1) is 11.3 Å². The Balaban J connectivity index is 2.40. The highest BCUT2D eigenvalue weighted by molar-refractivity contribution is 9.10. The predicted octanol–water partition coefficient (Wildman–Crippen LogP) is 2.04. The Kier molecular flexibility index (Phi) is 3.55. The summed E-state index contributed by atoms with van der Waals surface area (Å²) in [6, 6.07) is 5.66. The second-order valence-corrected chi connectivity index (χ2v) is 5.10. The first-order valence-corrected chi connectivity index (χ1v) is 6.30. The predicted molar refractivity (Wildman–Crippen MR) is 69.8 cm³/mol. The summed E-state index contributed by atoms with van der Waals surface area (Å²) in [6.07, 6.45) is 1.66. The van der Waals surface area contributed by atoms with Crippen molar-refractivity contribution in [3.05, 3.63) is 44.7 Å². The monoisotopic (exact) mass is 298 g/mol. The third-order valence-corrected chi connectivity index (χ3v) is 3.98. The molecule has 5 N–H and O–H groups in total. The fourth-order valence-electron chi connectivity index (χ4n) is 1.48. The van der Waals surface area contributed by atoms with Gasteiger partial charge in [-0.25, -0.2) is 10.4 Å². The van der Waals surface area contributed by atoms with Crippen LogP contribution in [0.3, 0.4) is 0 Å². The standard InChI is InChI=1S/C10H11BrN4S/c11-6-4-8(16-5-6)9(15-13)7-2-1-3-14-10(7)12/h1-5,9,15H,13H2,(H2,12,14). The zero-order valence-electron chi connectivity index (χ0n) is 8.35. The fourth-order valence-corrected chi connectivity index (χ4v) is 3.00. The fraction of sp³-hybridized carbons (Fsp3) is 0.100. The van der Waals surface area contributed by atoms with Crippen molar-refractivity contribution in [3.8, 4) is 0 Å². The lowest BCUT2D eigenvalue weighted by Gasteiger charge is -2.15. The number of halogens is 1. The molecule has 84 valence electrons. The van der Waals surface area contributed by atoms with Gasteiger partial charge in [-0.2, -0.15) is 0 Å². The van der Waals surface area contributed by atoms with Crippen LogP contribution in [0, 0.1) is 0 Å². The van der Waals surface area contributed by atoms with Gasteiger partial charge in [0.25, 0.3) is 0 Å². The number of pyridine rings is 1. The van der Waals surface area contributed by atoms with Gasteiger partial charge in [0, 0.05) is 26.5 Å². The van der Waals surface area contributed by atoms with E-state index in [4.69, 9.17) is 11.6 Å². The number of hydrazine groups is 1. The first kappa shape index (κ1) is 11.5. The van der Waals surface area contributed by atoms with E-state index in [0.29, 0.717) is 5.82 Å². The van der Waals surface area contributed by atoms with Gasteiger partial charge in [-0.05, 0) is 28.1 Å². The molecule has 2 aromatic heterocycles. The molecule has 0 radical (unpaired) electrons. The molecule has 2 rings (SSSR count). The Hall–Kier alpha value is -0.950. The minimum Gasteiger partial charge on any atom is -0.383 e. The summed E-state index contributed by atoms with van der Waals surface area (Å²) in [5.41, 5.74) is 9.47. The van der Waals surface area contributed by atoms with Crippen LogP contribution in [0.5, 0.6) is 0 Å². The summed E-state index contributed by atoms with van der Waals surface area (Å²) in [6.45, 7) is 0. The topological polar surface area (TPSA) is 77.0 Å². The maximum absolute atomic E-state index is 5.83. The first-order chi connectivity index (χ1) is 7.72. The quantitative estimate of drug-likeness (QED) is 0.599. The highest BCUT2D eigenvalue weighted by Crippen LogP contribution is 2.31. The van der Waals surface area contributed by atoms with Crippen LogP contribution in [0.2, 0.25) is 0 Å². The Labute approximate surface area is 106 Å². The number of anilines is 1. The lowest BCUT2D eigenvalue weighted by Crippen LogP contribution is -2.29. The molecule has 0 aliphatic carbocycles. The smallest absolute Gasteiger partial charge is 0.128 e. The molecule has 6 heteroatoms. The number of nitrogen functional groups attached to an aromatic ring is 1. The number of hydrogen-bond donors (Lipinski definition) is 3. The van der Waals surface area contributed by atoms with Crippen LogP contribution in [0.1, 0.15) is 16.5 Å². The van der Waals surface area contributed by atoms with Gasteiger partial charge in [0.15, 0.2) is 0 Å². The van der Waals surface area contributed by atoms with Crippen molar-refractivity contribution in [2.45, 2.75) is 6.04 Å². The molecule has 1 unspecified atom stereocenters. The molecule has 2 aromatic rings. The molecule has 0 fully saturated rings. The van der Waals surface area contributed by atoms with Crippen LogP contribution in [-0.2, 0) is 0 Å². The largest absolute Gasteiger partial charge is 0.383 e. The van der Waals surface area contributed by atoms with Crippen LogP contribution in [0.4, 0.5) is 5.82 Å². The van der Waals surface area contributed by atoms with Crippen molar-refractivity contribution in [2.75, 3.05) is 5.73 Å². The molecule has 0 amide bonds. The van der Waals surface area contributed by atoms with E-state index in [2.05, 4.69) is 26.3 Å². The van der Waals surface area contributed by atoms with Gasteiger partial charge in [-0.1, -0.05) is 6.07 Å². The Morgan fingerprint density at radius 3 is 2.88 bits per heavy atom. The summed E-state index contributed by atoms with van der Waals surface area (Å²) in [7, 11) is 0. The Morgan fingerprint density at radius 1 is 1.50 bits per heavy atom. The second kappa shape index (κ2) is 4.92. The van der Waals surface area contributed by atoms with E-state index in [1.807, 2.05) is 23.6 Å². The molecule has 1 atom stereocenters. The molecule has 0 saturated heterocycles. The third-order valence-electron chi connectivity index (χ3n) is 2.22. The number of thiophene rings is 1. The van der Waals surface area contributed by atoms with Crippen LogP contribution in [0.15, 0.2) is 34.2 Å². The second-order valence-electron chi connectivity index (χ2n) is 3.24. The number of nitrogens with zero attached hydrogens (tertiary/aromatic N) is 1. The molecular weight excluding hydrogens is 288 g/mol. The summed E-state index contributed by atoms with van der Waals surface area (Å²) < 4.78 is 1.04. The number of nitrogens with one attached hydrogen (secondary N) is 1. The van der Waals surface area contributed by atoms with Crippen LogP contribution >= 0.6 is 27.3 Å². The lowest BCUT2D eigenvalue weighted by molar-refractivity contribution is 0.646. The van der Waals surface area contributed by atoms with E-state index in [1.54, 1.807) is 17.5 Å². The van der Waals surface area contributed by atoms with E-state index >= 15 is 0 Å². The molecule has 0 bridgehead atoms. The number of hydrogen-bond acceptors (Lipinski definition) is 5. The SMILES string of the molecule is NNC(c1cc(Br)cs1)c1cccnc1N. The number of aromatic nitrogens is 1. The summed E-state index contributed by atoms with van der Waals surface area (Å²) in [5, 5.41) is 2.01. The van der Waals surface area contributed by atoms with Gasteiger partial charge < -0.3 is 5.73 Å². The summed E-state index contributed by atoms with van der Waals surface area (Å²) in [5.74, 6) is 6.07. The van der Waals surface area contributed by atoms with Crippen LogP contribution in [-0.4, -0.2) is 4.98 Å². The van der Waals surface area contributed by atoms with E-state index in [9.17, 15) is 0 Å². The van der Waals surface area contributed by atoms with Gasteiger partial charge >= 0.3 is 0 Å². The van der Waals surface area contributed by atoms with Crippen LogP contribution in [0.25, 0.3) is 0 Å². The van der Waals surface area contributed by atoms with E-state index in [-0.39, 0.29) is 6.04 Å². The van der Waals surface area contributed by atoms with E-state index in [1.165, 1.54) is 0 Å². The molecule has 2 heterocycles. The average molecular weight is 299 g/mol. The Bertz CT molecular complexity index is 485. The van der Waals surface area contributed by atoms with Gasteiger partial charge in [0.05, 0.1) is 6.04 Å². The minimum atomic E-state index is -0.120. The lowest BCUT2D eigenvalue weighted by atomic mass is 10.1.